The van der Waals surface area contributed by atoms with Gasteiger partial charge in [-0.2, -0.15) is 13.2 Å². The molecule has 0 radical (unpaired) electrons. The lowest BCUT2D eigenvalue weighted by molar-refractivity contribution is -0.146. The topological polar surface area (TPSA) is 31.4 Å². The number of piperazine rings is 1. The van der Waals surface area contributed by atoms with Gasteiger partial charge in [0.15, 0.2) is 0 Å². The van der Waals surface area contributed by atoms with Crippen molar-refractivity contribution in [3.8, 4) is 0 Å². The molecule has 2 rings (SSSR count). The summed E-state index contributed by atoms with van der Waals surface area (Å²) in [5.41, 5.74) is 2.13. The summed E-state index contributed by atoms with van der Waals surface area (Å²) in [6.45, 7) is 1.96. The minimum absolute atomic E-state index is 0.431. The summed E-state index contributed by atoms with van der Waals surface area (Å²) >= 11 is 0. The van der Waals surface area contributed by atoms with Crippen LogP contribution in [-0.4, -0.2) is 55.8 Å². The van der Waals surface area contributed by atoms with E-state index in [1.807, 2.05) is 13.1 Å². The Labute approximate surface area is 116 Å². The largest absolute Gasteiger partial charge is 0.401 e. The van der Waals surface area contributed by atoms with E-state index in [9.17, 15) is 13.2 Å². The summed E-state index contributed by atoms with van der Waals surface area (Å²) in [7, 11) is 1.86. The Hall–Kier alpha value is -1.34. The molecule has 1 N–H and O–H groups in total. The fourth-order valence-electron chi connectivity index (χ4n) is 2.46. The molecule has 0 unspecified atom stereocenters. The normalized spacial score (nSPS) is 17.5. The molecule has 0 bridgehead atoms. The molecule has 1 aromatic rings. The van der Waals surface area contributed by atoms with Gasteiger partial charge in [-0.25, -0.2) is 0 Å². The van der Waals surface area contributed by atoms with Crippen molar-refractivity contribution in [1.82, 2.24) is 15.2 Å². The molecule has 1 aromatic heterocycles. The Morgan fingerprint density at radius 3 is 2.55 bits per heavy atom. The van der Waals surface area contributed by atoms with Crippen LogP contribution in [0.15, 0.2) is 18.5 Å². The molecule has 2 heterocycles. The lowest BCUT2D eigenvalue weighted by atomic mass is 10.2. The van der Waals surface area contributed by atoms with Crippen LogP contribution in [-0.2, 0) is 6.54 Å². The van der Waals surface area contributed by atoms with Crippen LogP contribution in [0.2, 0.25) is 0 Å². The van der Waals surface area contributed by atoms with Crippen molar-refractivity contribution in [2.45, 2.75) is 12.7 Å². The van der Waals surface area contributed by atoms with Crippen molar-refractivity contribution in [1.29, 1.82) is 0 Å². The molecule has 20 heavy (non-hydrogen) atoms. The van der Waals surface area contributed by atoms with Gasteiger partial charge in [0, 0.05) is 56.4 Å². The summed E-state index contributed by atoms with van der Waals surface area (Å²) in [4.78, 5) is 7.68. The van der Waals surface area contributed by atoms with Gasteiger partial charge < -0.3 is 10.2 Å². The number of alkyl halides is 3. The smallest absolute Gasteiger partial charge is 0.369 e. The zero-order valence-electron chi connectivity index (χ0n) is 11.5. The molecule has 0 aromatic carbocycles. The van der Waals surface area contributed by atoms with Crippen LogP contribution >= 0.6 is 0 Å². The quantitative estimate of drug-likeness (QED) is 0.909. The highest BCUT2D eigenvalue weighted by Crippen LogP contribution is 2.22. The van der Waals surface area contributed by atoms with E-state index in [-0.39, 0.29) is 0 Å². The van der Waals surface area contributed by atoms with E-state index in [1.54, 1.807) is 12.4 Å². The van der Waals surface area contributed by atoms with Crippen LogP contribution in [0.3, 0.4) is 0 Å². The van der Waals surface area contributed by atoms with Gasteiger partial charge in [0.1, 0.15) is 0 Å². The van der Waals surface area contributed by atoms with Gasteiger partial charge in [0.05, 0.1) is 6.54 Å². The van der Waals surface area contributed by atoms with Crippen molar-refractivity contribution in [3.05, 3.63) is 24.0 Å². The molecular weight excluding hydrogens is 269 g/mol. The summed E-state index contributed by atoms with van der Waals surface area (Å²) in [5.74, 6) is 0. The number of halogens is 3. The van der Waals surface area contributed by atoms with Crippen LogP contribution in [0, 0.1) is 0 Å². The maximum atomic E-state index is 12.4. The summed E-state index contributed by atoms with van der Waals surface area (Å²) in [5, 5.41) is 3.08. The lowest BCUT2D eigenvalue weighted by Gasteiger charge is -2.37. The minimum atomic E-state index is -4.11. The minimum Gasteiger partial charge on any atom is -0.369 e. The Balaban J connectivity index is 1.97. The number of hydrogen-bond acceptors (Lipinski definition) is 4. The standard InChI is InChI=1S/C13H19F3N4/c1-17-8-11-9-18-3-2-12(11)20-6-4-19(5-7-20)10-13(14,15)16/h2-3,9,17H,4-8,10H2,1H3. The van der Waals surface area contributed by atoms with Gasteiger partial charge in [-0.05, 0) is 13.1 Å². The third-order valence-corrected chi connectivity index (χ3v) is 3.36. The van der Waals surface area contributed by atoms with Crippen molar-refractivity contribution in [3.63, 3.8) is 0 Å². The van der Waals surface area contributed by atoms with Crippen molar-refractivity contribution < 1.29 is 13.2 Å². The first-order valence-electron chi connectivity index (χ1n) is 6.61. The van der Waals surface area contributed by atoms with Crippen molar-refractivity contribution in [2.24, 2.45) is 0 Å². The average molecular weight is 288 g/mol. The van der Waals surface area contributed by atoms with Crippen LogP contribution in [0.5, 0.6) is 0 Å². The van der Waals surface area contributed by atoms with Gasteiger partial charge >= 0.3 is 6.18 Å². The molecule has 0 saturated carbocycles. The third kappa shape index (κ3) is 4.08. The second-order valence-corrected chi connectivity index (χ2v) is 4.91. The molecule has 1 fully saturated rings. The maximum absolute atomic E-state index is 12.4. The zero-order chi connectivity index (χ0) is 14.6. The van der Waals surface area contributed by atoms with E-state index in [2.05, 4.69) is 15.2 Å². The number of nitrogens with one attached hydrogen (secondary N) is 1. The van der Waals surface area contributed by atoms with E-state index in [0.29, 0.717) is 32.7 Å². The number of hydrogen-bond donors (Lipinski definition) is 1. The van der Waals surface area contributed by atoms with Gasteiger partial charge in [-0.1, -0.05) is 0 Å². The van der Waals surface area contributed by atoms with E-state index in [4.69, 9.17) is 0 Å². The monoisotopic (exact) mass is 288 g/mol. The predicted molar refractivity (Wildman–Crippen MR) is 71.7 cm³/mol. The van der Waals surface area contributed by atoms with Crippen LogP contribution in [0.4, 0.5) is 18.9 Å². The molecule has 0 spiro atoms. The summed E-state index contributed by atoms with van der Waals surface area (Å²) in [6, 6.07) is 1.92. The highest BCUT2D eigenvalue weighted by atomic mass is 19.4. The molecule has 4 nitrogen and oxygen atoms in total. The lowest BCUT2D eigenvalue weighted by Crippen LogP contribution is -2.49. The fraction of sp³-hybridized carbons (Fsp3) is 0.615. The fourth-order valence-corrected chi connectivity index (χ4v) is 2.46. The highest BCUT2D eigenvalue weighted by molar-refractivity contribution is 5.52. The second kappa shape index (κ2) is 6.41. The number of aromatic nitrogens is 1. The second-order valence-electron chi connectivity index (χ2n) is 4.91. The Morgan fingerprint density at radius 2 is 1.95 bits per heavy atom. The Kier molecular flexibility index (Phi) is 4.82. The summed E-state index contributed by atoms with van der Waals surface area (Å²) < 4.78 is 37.1. The molecular formula is C13H19F3N4. The number of rotatable bonds is 4. The molecule has 0 aliphatic carbocycles. The van der Waals surface area contributed by atoms with Crippen LogP contribution < -0.4 is 10.2 Å². The van der Waals surface area contributed by atoms with Crippen molar-refractivity contribution >= 4 is 5.69 Å². The first-order valence-corrected chi connectivity index (χ1v) is 6.61. The molecule has 1 aliphatic rings. The first-order chi connectivity index (χ1) is 9.49. The van der Waals surface area contributed by atoms with Crippen molar-refractivity contribution in [2.75, 3.05) is 44.7 Å². The molecule has 1 aliphatic heterocycles. The van der Waals surface area contributed by atoms with Crippen LogP contribution in [0.25, 0.3) is 0 Å². The number of anilines is 1. The zero-order valence-corrected chi connectivity index (χ0v) is 11.5. The van der Waals surface area contributed by atoms with Gasteiger partial charge in [-0.15, -0.1) is 0 Å². The number of nitrogens with zero attached hydrogens (tertiary/aromatic N) is 3. The number of pyridine rings is 1. The average Bonchev–Trinajstić information content (AvgIpc) is 2.39. The Bertz CT molecular complexity index is 428. The molecule has 0 atom stereocenters. The summed E-state index contributed by atoms with van der Waals surface area (Å²) in [6.07, 6.45) is -0.597. The van der Waals surface area contributed by atoms with E-state index in [0.717, 1.165) is 11.3 Å². The Morgan fingerprint density at radius 1 is 1.25 bits per heavy atom. The molecule has 1 saturated heterocycles. The van der Waals surface area contributed by atoms with E-state index < -0.39 is 12.7 Å². The third-order valence-electron chi connectivity index (χ3n) is 3.36. The van der Waals surface area contributed by atoms with E-state index in [1.165, 1.54) is 4.90 Å². The maximum Gasteiger partial charge on any atom is 0.401 e. The SMILES string of the molecule is CNCc1cnccc1N1CCN(CC(F)(F)F)CC1. The van der Waals surface area contributed by atoms with Gasteiger partial charge in [-0.3, -0.25) is 9.88 Å². The molecule has 7 heteroatoms. The van der Waals surface area contributed by atoms with Gasteiger partial charge in [0.2, 0.25) is 0 Å². The first kappa shape index (κ1) is 15.1. The van der Waals surface area contributed by atoms with E-state index >= 15 is 0 Å². The van der Waals surface area contributed by atoms with Gasteiger partial charge in [0.25, 0.3) is 0 Å². The predicted octanol–water partition coefficient (Wildman–Crippen LogP) is 1.49. The molecule has 0 amide bonds. The molecule has 112 valence electrons. The highest BCUT2D eigenvalue weighted by Gasteiger charge is 2.32. The van der Waals surface area contributed by atoms with Crippen LogP contribution in [0.1, 0.15) is 5.56 Å².